The molecule has 142 valence electrons. The smallest absolute Gasteiger partial charge is 0.275 e. The van der Waals surface area contributed by atoms with Crippen LogP contribution in [0.1, 0.15) is 24.0 Å². The molecule has 1 aromatic heterocycles. The molecule has 0 bridgehead atoms. The second-order valence-electron chi connectivity index (χ2n) is 6.59. The molecule has 6 heteroatoms. The maximum Gasteiger partial charge on any atom is 0.275 e. The van der Waals surface area contributed by atoms with Crippen LogP contribution in [-0.2, 0) is 4.79 Å². The average Bonchev–Trinajstić information content (AvgIpc) is 3.11. The van der Waals surface area contributed by atoms with Crippen molar-refractivity contribution in [2.75, 3.05) is 20.8 Å². The molecule has 0 unspecified atom stereocenters. The SMILES string of the molecule is COc1cccc([C@H](C[NH2+][C@@H](C)C(N)=O)c2c[nH]c3ccccc23)c1OC. The predicted octanol–water partition coefficient (Wildman–Crippen LogP) is 1.75. The minimum absolute atomic E-state index is 0.00648. The predicted molar refractivity (Wildman–Crippen MR) is 105 cm³/mol. The van der Waals surface area contributed by atoms with E-state index in [0.29, 0.717) is 18.0 Å². The molecule has 6 nitrogen and oxygen atoms in total. The van der Waals surface area contributed by atoms with Gasteiger partial charge in [-0.25, -0.2) is 0 Å². The number of para-hydroxylation sites is 2. The van der Waals surface area contributed by atoms with Crippen LogP contribution in [0.4, 0.5) is 0 Å². The summed E-state index contributed by atoms with van der Waals surface area (Å²) in [5.74, 6) is 1.05. The van der Waals surface area contributed by atoms with Crippen molar-refractivity contribution in [2.45, 2.75) is 18.9 Å². The fourth-order valence-corrected chi connectivity index (χ4v) is 3.45. The summed E-state index contributed by atoms with van der Waals surface area (Å²) in [7, 11) is 3.27. The van der Waals surface area contributed by atoms with E-state index in [-0.39, 0.29) is 17.9 Å². The minimum Gasteiger partial charge on any atom is -0.493 e. The third-order valence-corrected chi connectivity index (χ3v) is 4.98. The summed E-state index contributed by atoms with van der Waals surface area (Å²) < 4.78 is 11.2. The number of primary amides is 1. The van der Waals surface area contributed by atoms with E-state index in [1.165, 1.54) is 0 Å². The number of methoxy groups -OCH3 is 2. The van der Waals surface area contributed by atoms with Gasteiger partial charge in [0.15, 0.2) is 17.5 Å². The maximum atomic E-state index is 11.5. The van der Waals surface area contributed by atoms with Gasteiger partial charge in [-0.3, -0.25) is 4.79 Å². The molecule has 3 aromatic rings. The Morgan fingerprint density at radius 1 is 1.11 bits per heavy atom. The summed E-state index contributed by atoms with van der Waals surface area (Å²) in [5, 5.41) is 3.11. The molecule has 5 N–H and O–H groups in total. The summed E-state index contributed by atoms with van der Waals surface area (Å²) in [6, 6.07) is 13.7. The third-order valence-electron chi connectivity index (χ3n) is 4.98. The van der Waals surface area contributed by atoms with Crippen molar-refractivity contribution in [3.05, 3.63) is 59.8 Å². The Balaban J connectivity index is 2.09. The summed E-state index contributed by atoms with van der Waals surface area (Å²) >= 11 is 0. The van der Waals surface area contributed by atoms with Gasteiger partial charge in [-0.15, -0.1) is 0 Å². The first-order valence-corrected chi connectivity index (χ1v) is 8.96. The highest BCUT2D eigenvalue weighted by Gasteiger charge is 2.26. The van der Waals surface area contributed by atoms with Gasteiger partial charge in [0, 0.05) is 22.7 Å². The topological polar surface area (TPSA) is 94.0 Å². The zero-order chi connectivity index (χ0) is 19.4. The minimum atomic E-state index is -0.328. The first-order chi connectivity index (χ1) is 13.1. The van der Waals surface area contributed by atoms with Crippen LogP contribution in [-0.4, -0.2) is 37.7 Å². The number of aromatic nitrogens is 1. The molecule has 2 aromatic carbocycles. The molecule has 0 radical (unpaired) electrons. The van der Waals surface area contributed by atoms with E-state index in [1.54, 1.807) is 14.2 Å². The molecule has 3 rings (SSSR count). The Morgan fingerprint density at radius 3 is 2.59 bits per heavy atom. The van der Waals surface area contributed by atoms with Crippen LogP contribution < -0.4 is 20.5 Å². The van der Waals surface area contributed by atoms with Crippen LogP contribution in [0.3, 0.4) is 0 Å². The van der Waals surface area contributed by atoms with Crippen molar-refractivity contribution in [1.82, 2.24) is 4.98 Å². The van der Waals surface area contributed by atoms with E-state index in [0.717, 1.165) is 22.0 Å². The number of nitrogens with one attached hydrogen (secondary N) is 1. The van der Waals surface area contributed by atoms with E-state index >= 15 is 0 Å². The lowest BCUT2D eigenvalue weighted by Crippen LogP contribution is -2.92. The first kappa shape index (κ1) is 18.8. The molecule has 1 heterocycles. The number of carbonyl (C=O) groups is 1. The largest absolute Gasteiger partial charge is 0.493 e. The van der Waals surface area contributed by atoms with Crippen LogP contribution >= 0.6 is 0 Å². The number of benzene rings is 2. The van der Waals surface area contributed by atoms with Crippen LogP contribution in [0.15, 0.2) is 48.7 Å². The van der Waals surface area contributed by atoms with Gasteiger partial charge in [0.05, 0.1) is 26.7 Å². The van der Waals surface area contributed by atoms with Crippen molar-refractivity contribution in [3.63, 3.8) is 0 Å². The zero-order valence-electron chi connectivity index (χ0n) is 15.9. The zero-order valence-corrected chi connectivity index (χ0v) is 15.9. The molecule has 27 heavy (non-hydrogen) atoms. The Bertz CT molecular complexity index is 935. The highest BCUT2D eigenvalue weighted by molar-refractivity contribution is 5.84. The number of hydrogen-bond acceptors (Lipinski definition) is 3. The fourth-order valence-electron chi connectivity index (χ4n) is 3.45. The van der Waals surface area contributed by atoms with E-state index < -0.39 is 0 Å². The number of aromatic amines is 1. The number of carbonyl (C=O) groups excluding carboxylic acids is 1. The molecule has 0 fully saturated rings. The molecular weight excluding hydrogens is 342 g/mol. The summed E-state index contributed by atoms with van der Waals surface area (Å²) in [6.07, 6.45) is 2.02. The van der Waals surface area contributed by atoms with Gasteiger partial charge in [-0.2, -0.15) is 0 Å². The molecule has 0 spiro atoms. The summed E-state index contributed by atoms with van der Waals surface area (Å²) in [5.41, 5.74) is 8.67. The monoisotopic (exact) mass is 368 g/mol. The van der Waals surface area contributed by atoms with Crippen LogP contribution in [0.5, 0.6) is 11.5 Å². The van der Waals surface area contributed by atoms with Crippen molar-refractivity contribution >= 4 is 16.8 Å². The molecule has 2 atom stereocenters. The van der Waals surface area contributed by atoms with Gasteiger partial charge in [0.1, 0.15) is 0 Å². The van der Waals surface area contributed by atoms with Gasteiger partial charge >= 0.3 is 0 Å². The summed E-state index contributed by atoms with van der Waals surface area (Å²) in [6.45, 7) is 2.47. The summed E-state index contributed by atoms with van der Waals surface area (Å²) in [4.78, 5) is 14.8. The van der Waals surface area contributed by atoms with Gasteiger partial charge < -0.3 is 25.5 Å². The Labute approximate surface area is 158 Å². The van der Waals surface area contributed by atoms with E-state index in [2.05, 4.69) is 17.1 Å². The third kappa shape index (κ3) is 3.75. The first-order valence-electron chi connectivity index (χ1n) is 8.96. The molecule has 0 aliphatic heterocycles. The average molecular weight is 368 g/mol. The quantitative estimate of drug-likeness (QED) is 0.565. The number of fused-ring (bicyclic) bond motifs is 1. The van der Waals surface area contributed by atoms with Gasteiger partial charge in [-0.1, -0.05) is 30.3 Å². The van der Waals surface area contributed by atoms with Gasteiger partial charge in [0.25, 0.3) is 5.91 Å². The van der Waals surface area contributed by atoms with Crippen molar-refractivity contribution in [3.8, 4) is 11.5 Å². The Morgan fingerprint density at radius 2 is 1.89 bits per heavy atom. The van der Waals surface area contributed by atoms with E-state index in [4.69, 9.17) is 15.2 Å². The second-order valence-corrected chi connectivity index (χ2v) is 6.59. The molecule has 0 aliphatic carbocycles. The van der Waals surface area contributed by atoms with Crippen LogP contribution in [0.2, 0.25) is 0 Å². The highest BCUT2D eigenvalue weighted by atomic mass is 16.5. The number of quaternary nitrogens is 1. The molecule has 0 saturated carbocycles. The van der Waals surface area contributed by atoms with E-state index in [1.807, 2.05) is 48.8 Å². The van der Waals surface area contributed by atoms with Crippen LogP contribution in [0.25, 0.3) is 10.9 Å². The lowest BCUT2D eigenvalue weighted by atomic mass is 9.89. The maximum absolute atomic E-state index is 11.5. The lowest BCUT2D eigenvalue weighted by Gasteiger charge is -2.21. The highest BCUT2D eigenvalue weighted by Crippen LogP contribution is 2.39. The molecular formula is C21H26N3O3+. The van der Waals surface area contributed by atoms with E-state index in [9.17, 15) is 4.79 Å². The lowest BCUT2D eigenvalue weighted by molar-refractivity contribution is -0.674. The number of H-pyrrole nitrogens is 1. The van der Waals surface area contributed by atoms with Crippen molar-refractivity contribution in [1.29, 1.82) is 0 Å². The van der Waals surface area contributed by atoms with Crippen molar-refractivity contribution in [2.24, 2.45) is 5.73 Å². The standard InChI is InChI=1S/C21H25N3O3/c1-13(21(22)25)23-11-17(15-8-6-10-19(26-2)20(15)27-3)16-12-24-18-9-5-4-7-14(16)18/h4-10,12-13,17,23-24H,11H2,1-3H3,(H2,22,25)/p+1/t13-,17-/m0/s1. The number of rotatable bonds is 8. The Hall–Kier alpha value is -2.99. The fraction of sp³-hybridized carbons (Fsp3) is 0.286. The number of nitrogens with two attached hydrogens (primary N) is 2. The van der Waals surface area contributed by atoms with Gasteiger partial charge in [0.2, 0.25) is 0 Å². The second kappa shape index (κ2) is 8.14. The normalized spacial score (nSPS) is 13.3. The van der Waals surface area contributed by atoms with Crippen molar-refractivity contribution < 1.29 is 19.6 Å². The molecule has 0 saturated heterocycles. The number of hydrogen-bond donors (Lipinski definition) is 3. The molecule has 1 amide bonds. The van der Waals surface area contributed by atoms with Crippen LogP contribution in [0, 0.1) is 0 Å². The Kier molecular flexibility index (Phi) is 5.66. The number of amides is 1. The molecule has 0 aliphatic rings. The number of ether oxygens (including phenoxy) is 2. The van der Waals surface area contributed by atoms with Gasteiger partial charge in [-0.05, 0) is 24.6 Å².